The van der Waals surface area contributed by atoms with E-state index in [2.05, 4.69) is 19.2 Å². The highest BCUT2D eigenvalue weighted by Crippen LogP contribution is 2.48. The summed E-state index contributed by atoms with van der Waals surface area (Å²) in [6.45, 7) is 5.98. The van der Waals surface area contributed by atoms with Gasteiger partial charge in [0.15, 0.2) is 0 Å². The highest BCUT2D eigenvalue weighted by Gasteiger charge is 2.49. The van der Waals surface area contributed by atoms with Crippen molar-refractivity contribution >= 4 is 5.91 Å². The van der Waals surface area contributed by atoms with Gasteiger partial charge < -0.3 is 15.2 Å². The average molecular weight is 317 g/mol. The van der Waals surface area contributed by atoms with Gasteiger partial charge in [0.2, 0.25) is 5.91 Å². The van der Waals surface area contributed by atoms with Crippen molar-refractivity contribution in [2.75, 3.05) is 0 Å². The summed E-state index contributed by atoms with van der Waals surface area (Å²) in [6.07, 6.45) is 3.93. The Morgan fingerprint density at radius 1 is 1.35 bits per heavy atom. The molecule has 0 bridgehead atoms. The molecule has 1 aromatic carbocycles. The molecule has 1 aliphatic heterocycles. The first-order valence-electron chi connectivity index (χ1n) is 8.61. The lowest BCUT2D eigenvalue weighted by atomic mass is 9.66. The Kier molecular flexibility index (Phi) is 4.37. The molecule has 1 saturated carbocycles. The van der Waals surface area contributed by atoms with Crippen molar-refractivity contribution in [2.24, 2.45) is 11.8 Å². The lowest BCUT2D eigenvalue weighted by Gasteiger charge is -2.52. The van der Waals surface area contributed by atoms with Gasteiger partial charge in [0.05, 0.1) is 12.2 Å². The number of hydrogen-bond donors (Lipinski definition) is 2. The summed E-state index contributed by atoms with van der Waals surface area (Å²) >= 11 is 0. The molecule has 0 spiro atoms. The summed E-state index contributed by atoms with van der Waals surface area (Å²) in [5.41, 5.74) is 0.530. The molecule has 1 saturated heterocycles. The molecule has 4 nitrogen and oxygen atoms in total. The zero-order valence-corrected chi connectivity index (χ0v) is 14.2. The number of aromatic hydroxyl groups is 1. The van der Waals surface area contributed by atoms with E-state index in [1.165, 1.54) is 6.42 Å². The molecule has 1 amide bonds. The predicted octanol–water partition coefficient (Wildman–Crippen LogP) is 3.55. The van der Waals surface area contributed by atoms with Crippen molar-refractivity contribution in [1.29, 1.82) is 0 Å². The van der Waals surface area contributed by atoms with Crippen molar-refractivity contribution in [2.45, 2.75) is 64.2 Å². The van der Waals surface area contributed by atoms with Gasteiger partial charge in [-0.05, 0) is 31.7 Å². The van der Waals surface area contributed by atoms with E-state index in [1.54, 1.807) is 13.0 Å². The van der Waals surface area contributed by atoms with Crippen molar-refractivity contribution in [3.05, 3.63) is 29.8 Å². The summed E-state index contributed by atoms with van der Waals surface area (Å²) in [5.74, 6) is 1.25. The summed E-state index contributed by atoms with van der Waals surface area (Å²) in [7, 11) is 0. The van der Waals surface area contributed by atoms with Gasteiger partial charge in [-0.15, -0.1) is 0 Å². The lowest BCUT2D eigenvalue weighted by Crippen LogP contribution is -2.60. The van der Waals surface area contributed by atoms with E-state index < -0.39 is 0 Å². The van der Waals surface area contributed by atoms with Crippen molar-refractivity contribution in [3.8, 4) is 5.75 Å². The van der Waals surface area contributed by atoms with Gasteiger partial charge in [-0.25, -0.2) is 0 Å². The molecule has 1 aliphatic carbocycles. The first-order valence-corrected chi connectivity index (χ1v) is 8.61. The standard InChI is InChI=1S/C19H27NO3/c1-12-8-9-15-17(10-12)23-18(11-19(15,3)20-13(2)21)14-6-4-5-7-16(14)22/h4-7,12,15,17-18,22H,8-11H2,1-3H3,(H,20,21)/t12-,15-,17-,18-,19-/m1/s1. The second-order valence-corrected chi connectivity index (χ2v) is 7.55. The van der Waals surface area contributed by atoms with Gasteiger partial charge >= 0.3 is 0 Å². The van der Waals surface area contributed by atoms with Crippen LogP contribution in [0.1, 0.15) is 58.1 Å². The number of phenolic OH excluding ortho intramolecular Hbond substituents is 1. The van der Waals surface area contributed by atoms with E-state index in [0.717, 1.165) is 18.4 Å². The fourth-order valence-electron chi connectivity index (χ4n) is 4.49. The fourth-order valence-corrected chi connectivity index (χ4v) is 4.49. The minimum Gasteiger partial charge on any atom is -0.508 e. The first kappa shape index (κ1) is 16.3. The van der Waals surface area contributed by atoms with Crippen LogP contribution in [-0.4, -0.2) is 22.7 Å². The van der Waals surface area contributed by atoms with E-state index in [1.807, 2.05) is 18.2 Å². The van der Waals surface area contributed by atoms with Crippen LogP contribution in [0.2, 0.25) is 0 Å². The third-order valence-corrected chi connectivity index (χ3v) is 5.57. The largest absolute Gasteiger partial charge is 0.508 e. The van der Waals surface area contributed by atoms with Crippen molar-refractivity contribution in [1.82, 2.24) is 5.32 Å². The number of benzene rings is 1. The van der Waals surface area contributed by atoms with Gasteiger partial charge in [-0.3, -0.25) is 4.79 Å². The Hall–Kier alpha value is -1.55. The number of phenols is 1. The molecular weight excluding hydrogens is 290 g/mol. The Morgan fingerprint density at radius 3 is 2.78 bits per heavy atom. The molecule has 0 unspecified atom stereocenters. The maximum atomic E-state index is 11.8. The van der Waals surface area contributed by atoms with Crippen LogP contribution in [0.3, 0.4) is 0 Å². The average Bonchev–Trinajstić information content (AvgIpc) is 2.45. The summed E-state index contributed by atoms with van der Waals surface area (Å²) in [4.78, 5) is 11.8. The van der Waals surface area contributed by atoms with Crippen LogP contribution in [-0.2, 0) is 9.53 Å². The number of carbonyl (C=O) groups excluding carboxylic acids is 1. The number of fused-ring (bicyclic) bond motifs is 1. The molecule has 2 aliphatic rings. The monoisotopic (exact) mass is 317 g/mol. The topological polar surface area (TPSA) is 58.6 Å². The number of amides is 1. The first-order chi connectivity index (χ1) is 10.9. The van der Waals surface area contributed by atoms with E-state index in [-0.39, 0.29) is 29.4 Å². The van der Waals surface area contributed by atoms with E-state index in [9.17, 15) is 9.90 Å². The molecule has 1 aromatic rings. The molecule has 3 rings (SSSR count). The molecule has 1 heterocycles. The Bertz CT molecular complexity index is 588. The van der Waals surface area contributed by atoms with Gasteiger partial charge in [0, 0.05) is 30.4 Å². The van der Waals surface area contributed by atoms with Gasteiger partial charge in [-0.2, -0.15) is 0 Å². The molecule has 126 valence electrons. The molecule has 23 heavy (non-hydrogen) atoms. The molecule has 0 radical (unpaired) electrons. The zero-order valence-electron chi connectivity index (χ0n) is 14.2. The van der Waals surface area contributed by atoms with Gasteiger partial charge in [0.25, 0.3) is 0 Å². The number of carbonyl (C=O) groups is 1. The number of hydrogen-bond acceptors (Lipinski definition) is 3. The van der Waals surface area contributed by atoms with Crippen LogP contribution >= 0.6 is 0 Å². The number of para-hydroxylation sites is 1. The van der Waals surface area contributed by atoms with Crippen LogP contribution in [0, 0.1) is 11.8 Å². The third kappa shape index (κ3) is 3.23. The maximum absolute atomic E-state index is 11.8. The zero-order chi connectivity index (χ0) is 16.6. The minimum absolute atomic E-state index is 0.00260. The Morgan fingerprint density at radius 2 is 2.09 bits per heavy atom. The summed E-state index contributed by atoms with van der Waals surface area (Å²) < 4.78 is 6.39. The van der Waals surface area contributed by atoms with Crippen LogP contribution in [0.15, 0.2) is 24.3 Å². The van der Waals surface area contributed by atoms with Crippen molar-refractivity contribution < 1.29 is 14.6 Å². The molecule has 2 fully saturated rings. The molecule has 4 heteroatoms. The highest BCUT2D eigenvalue weighted by molar-refractivity contribution is 5.73. The molecule has 0 aromatic heterocycles. The molecular formula is C19H27NO3. The van der Waals surface area contributed by atoms with Crippen molar-refractivity contribution in [3.63, 3.8) is 0 Å². The molecule has 5 atom stereocenters. The second-order valence-electron chi connectivity index (χ2n) is 7.55. The minimum atomic E-state index is -0.290. The lowest BCUT2D eigenvalue weighted by molar-refractivity contribution is -0.153. The van der Waals surface area contributed by atoms with E-state index >= 15 is 0 Å². The Labute approximate surface area is 138 Å². The number of ether oxygens (including phenoxy) is 1. The SMILES string of the molecule is CC(=O)N[C@]1(C)C[C@H](c2ccccc2O)O[C@@H]2C[C@H](C)CC[C@H]21. The van der Waals surface area contributed by atoms with Crippen LogP contribution < -0.4 is 5.32 Å². The fraction of sp³-hybridized carbons (Fsp3) is 0.632. The number of rotatable bonds is 2. The quantitative estimate of drug-likeness (QED) is 0.877. The van der Waals surface area contributed by atoms with Crippen LogP contribution in [0.5, 0.6) is 5.75 Å². The second kappa shape index (κ2) is 6.16. The summed E-state index contributed by atoms with van der Waals surface area (Å²) in [5, 5.41) is 13.4. The predicted molar refractivity (Wildman–Crippen MR) is 89.1 cm³/mol. The van der Waals surface area contributed by atoms with Gasteiger partial charge in [0.1, 0.15) is 5.75 Å². The highest BCUT2D eigenvalue weighted by atomic mass is 16.5. The smallest absolute Gasteiger partial charge is 0.217 e. The van der Waals surface area contributed by atoms with Crippen LogP contribution in [0.25, 0.3) is 0 Å². The van der Waals surface area contributed by atoms with Gasteiger partial charge in [-0.1, -0.05) is 31.5 Å². The maximum Gasteiger partial charge on any atom is 0.217 e. The third-order valence-electron chi connectivity index (χ3n) is 5.57. The summed E-state index contributed by atoms with van der Waals surface area (Å²) in [6, 6.07) is 7.36. The van der Waals surface area contributed by atoms with Crippen LogP contribution in [0.4, 0.5) is 0 Å². The van der Waals surface area contributed by atoms with E-state index in [0.29, 0.717) is 18.3 Å². The molecule has 2 N–H and O–H groups in total. The Balaban J connectivity index is 1.92. The van der Waals surface area contributed by atoms with E-state index in [4.69, 9.17) is 4.74 Å². The normalized spacial score (nSPS) is 37.0. The number of nitrogens with one attached hydrogen (secondary N) is 1.